The van der Waals surface area contributed by atoms with Crippen LogP contribution in [-0.4, -0.2) is 4.98 Å². The van der Waals surface area contributed by atoms with Crippen molar-refractivity contribution in [3.63, 3.8) is 0 Å². The zero-order valence-electron chi connectivity index (χ0n) is 10.6. The molecule has 0 aliphatic rings. The maximum absolute atomic E-state index is 6.19. The van der Waals surface area contributed by atoms with Crippen LogP contribution in [0, 0.1) is 0 Å². The molecule has 2 nitrogen and oxygen atoms in total. The number of nitrogens with one attached hydrogen (secondary N) is 1. The second-order valence-corrected chi connectivity index (χ2v) is 4.79. The van der Waals surface area contributed by atoms with Crippen molar-refractivity contribution in [2.75, 3.05) is 0 Å². The van der Waals surface area contributed by atoms with E-state index in [0.717, 1.165) is 16.3 Å². The molecule has 1 heterocycles. The van der Waals surface area contributed by atoms with E-state index in [1.54, 1.807) is 0 Å². The first-order chi connectivity index (χ1) is 8.68. The maximum atomic E-state index is 6.19. The molecular weight excluding hydrogens is 244 g/mol. The van der Waals surface area contributed by atoms with E-state index in [2.05, 4.69) is 24.1 Å². The van der Waals surface area contributed by atoms with Crippen LogP contribution in [0.15, 0.2) is 48.7 Å². The summed E-state index contributed by atoms with van der Waals surface area (Å²) in [6.45, 7) is 4.22. The molecule has 3 heteroatoms. The van der Waals surface area contributed by atoms with Gasteiger partial charge in [-0.05, 0) is 37.6 Å². The van der Waals surface area contributed by atoms with E-state index in [9.17, 15) is 0 Å². The molecule has 1 N–H and O–H groups in total. The SMILES string of the molecule is CC(N[C@@H](C)c1ccccc1Cl)c1ccccn1. The second-order valence-electron chi connectivity index (χ2n) is 4.39. The smallest absolute Gasteiger partial charge is 0.0570 e. The van der Waals surface area contributed by atoms with Crippen LogP contribution < -0.4 is 5.32 Å². The average Bonchev–Trinajstić information content (AvgIpc) is 2.40. The van der Waals surface area contributed by atoms with Gasteiger partial charge in [0, 0.05) is 23.3 Å². The third-order valence-electron chi connectivity index (χ3n) is 3.00. The van der Waals surface area contributed by atoms with E-state index in [1.165, 1.54) is 0 Å². The van der Waals surface area contributed by atoms with Crippen molar-refractivity contribution in [3.05, 3.63) is 64.9 Å². The Morgan fingerprint density at radius 3 is 2.39 bits per heavy atom. The van der Waals surface area contributed by atoms with Gasteiger partial charge in [-0.1, -0.05) is 35.9 Å². The van der Waals surface area contributed by atoms with Gasteiger partial charge in [-0.2, -0.15) is 0 Å². The predicted octanol–water partition coefficient (Wildman–Crippen LogP) is 4.15. The summed E-state index contributed by atoms with van der Waals surface area (Å²) in [6, 6.07) is 14.2. The van der Waals surface area contributed by atoms with Gasteiger partial charge in [0.25, 0.3) is 0 Å². The molecule has 0 aliphatic heterocycles. The molecule has 0 fully saturated rings. The van der Waals surface area contributed by atoms with Crippen molar-refractivity contribution in [1.82, 2.24) is 10.3 Å². The molecule has 0 spiro atoms. The van der Waals surface area contributed by atoms with Crippen molar-refractivity contribution in [2.24, 2.45) is 0 Å². The summed E-state index contributed by atoms with van der Waals surface area (Å²) in [4.78, 5) is 4.35. The van der Waals surface area contributed by atoms with Crippen molar-refractivity contribution in [1.29, 1.82) is 0 Å². The van der Waals surface area contributed by atoms with E-state index < -0.39 is 0 Å². The van der Waals surface area contributed by atoms with Gasteiger partial charge < -0.3 is 5.32 Å². The van der Waals surface area contributed by atoms with Crippen molar-refractivity contribution in [2.45, 2.75) is 25.9 Å². The summed E-state index contributed by atoms with van der Waals surface area (Å²) < 4.78 is 0. The Labute approximate surface area is 113 Å². The topological polar surface area (TPSA) is 24.9 Å². The van der Waals surface area contributed by atoms with Crippen LogP contribution in [0.4, 0.5) is 0 Å². The van der Waals surface area contributed by atoms with E-state index in [0.29, 0.717) is 0 Å². The number of hydrogen-bond donors (Lipinski definition) is 1. The molecule has 2 rings (SSSR count). The Bertz CT molecular complexity index is 499. The molecule has 2 atom stereocenters. The minimum atomic E-state index is 0.190. The van der Waals surface area contributed by atoms with E-state index >= 15 is 0 Å². The van der Waals surface area contributed by atoms with Crippen LogP contribution in [0.2, 0.25) is 5.02 Å². The Hall–Kier alpha value is -1.38. The summed E-state index contributed by atoms with van der Waals surface area (Å²) in [7, 11) is 0. The lowest BCUT2D eigenvalue weighted by Gasteiger charge is -2.20. The van der Waals surface area contributed by atoms with Crippen LogP contribution in [-0.2, 0) is 0 Å². The third kappa shape index (κ3) is 3.09. The molecular formula is C15H17ClN2. The van der Waals surface area contributed by atoms with Gasteiger partial charge in [-0.15, -0.1) is 0 Å². The van der Waals surface area contributed by atoms with Crippen LogP contribution in [0.3, 0.4) is 0 Å². The average molecular weight is 261 g/mol. The number of rotatable bonds is 4. The lowest BCUT2D eigenvalue weighted by atomic mass is 10.1. The maximum Gasteiger partial charge on any atom is 0.0570 e. The van der Waals surface area contributed by atoms with Gasteiger partial charge in [0.15, 0.2) is 0 Å². The van der Waals surface area contributed by atoms with Gasteiger partial charge in [0.05, 0.1) is 5.69 Å². The Kier molecular flexibility index (Phi) is 4.34. The predicted molar refractivity (Wildman–Crippen MR) is 75.7 cm³/mol. The molecule has 1 unspecified atom stereocenters. The van der Waals surface area contributed by atoms with Crippen LogP contribution in [0.1, 0.15) is 37.2 Å². The summed E-state index contributed by atoms with van der Waals surface area (Å²) in [5.41, 5.74) is 2.15. The van der Waals surface area contributed by atoms with Gasteiger partial charge in [0.1, 0.15) is 0 Å². The molecule has 18 heavy (non-hydrogen) atoms. The van der Waals surface area contributed by atoms with Crippen LogP contribution in [0.5, 0.6) is 0 Å². The van der Waals surface area contributed by atoms with Gasteiger partial charge in [-0.25, -0.2) is 0 Å². The Morgan fingerprint density at radius 2 is 1.72 bits per heavy atom. The lowest BCUT2D eigenvalue weighted by Crippen LogP contribution is -2.23. The molecule has 0 radical (unpaired) electrons. The monoisotopic (exact) mass is 260 g/mol. The summed E-state index contributed by atoms with van der Waals surface area (Å²) in [6.07, 6.45) is 1.81. The number of benzene rings is 1. The molecule has 2 aromatic rings. The fourth-order valence-electron chi connectivity index (χ4n) is 2.01. The highest BCUT2D eigenvalue weighted by Crippen LogP contribution is 2.24. The minimum Gasteiger partial charge on any atom is -0.302 e. The molecule has 0 amide bonds. The molecule has 0 bridgehead atoms. The molecule has 0 saturated carbocycles. The summed E-state index contributed by atoms with van der Waals surface area (Å²) in [5, 5.41) is 4.30. The first kappa shape index (κ1) is 13.1. The minimum absolute atomic E-state index is 0.190. The number of aromatic nitrogens is 1. The van der Waals surface area contributed by atoms with Gasteiger partial charge in [0.2, 0.25) is 0 Å². The fraction of sp³-hybridized carbons (Fsp3) is 0.267. The van der Waals surface area contributed by atoms with E-state index in [4.69, 9.17) is 11.6 Å². The van der Waals surface area contributed by atoms with Gasteiger partial charge in [-0.3, -0.25) is 4.98 Å². The molecule has 0 aliphatic carbocycles. The number of pyridine rings is 1. The molecule has 94 valence electrons. The first-order valence-corrected chi connectivity index (χ1v) is 6.47. The Morgan fingerprint density at radius 1 is 1.00 bits per heavy atom. The highest BCUT2D eigenvalue weighted by Gasteiger charge is 2.13. The zero-order chi connectivity index (χ0) is 13.0. The van der Waals surface area contributed by atoms with Crippen LogP contribution >= 0.6 is 11.6 Å². The number of hydrogen-bond acceptors (Lipinski definition) is 2. The number of halogens is 1. The second kappa shape index (κ2) is 5.98. The summed E-state index contributed by atoms with van der Waals surface area (Å²) in [5.74, 6) is 0. The van der Waals surface area contributed by atoms with Crippen molar-refractivity contribution < 1.29 is 0 Å². The highest BCUT2D eigenvalue weighted by molar-refractivity contribution is 6.31. The Balaban J connectivity index is 2.08. The molecule has 0 saturated heterocycles. The largest absolute Gasteiger partial charge is 0.302 e. The number of nitrogens with zero attached hydrogens (tertiary/aromatic N) is 1. The van der Waals surface area contributed by atoms with E-state index in [1.807, 2.05) is 48.7 Å². The normalized spacial score (nSPS) is 14.2. The van der Waals surface area contributed by atoms with Crippen LogP contribution in [0.25, 0.3) is 0 Å². The van der Waals surface area contributed by atoms with E-state index in [-0.39, 0.29) is 12.1 Å². The summed E-state index contributed by atoms with van der Waals surface area (Å²) >= 11 is 6.19. The quantitative estimate of drug-likeness (QED) is 0.893. The fourth-order valence-corrected chi connectivity index (χ4v) is 2.31. The lowest BCUT2D eigenvalue weighted by molar-refractivity contribution is 0.486. The highest BCUT2D eigenvalue weighted by atomic mass is 35.5. The zero-order valence-corrected chi connectivity index (χ0v) is 11.4. The van der Waals surface area contributed by atoms with Gasteiger partial charge >= 0.3 is 0 Å². The first-order valence-electron chi connectivity index (χ1n) is 6.10. The third-order valence-corrected chi connectivity index (χ3v) is 3.35. The molecule has 1 aromatic carbocycles. The van der Waals surface area contributed by atoms with Crippen molar-refractivity contribution >= 4 is 11.6 Å². The molecule has 1 aromatic heterocycles. The standard InChI is InChI=1S/C15H17ClN2/c1-11(13-7-3-4-8-14(13)16)18-12(2)15-9-5-6-10-17-15/h3-12,18H,1-2H3/t11-,12?/m0/s1. The van der Waals surface area contributed by atoms with Crippen molar-refractivity contribution in [3.8, 4) is 0 Å².